The SMILES string of the molecule is CC(C)c1ccc(NS(=O)(=O)Cc2noc3ccccc23)cc1. The van der Waals surface area contributed by atoms with Crippen LogP contribution < -0.4 is 4.72 Å². The number of hydrogen-bond donors (Lipinski definition) is 1. The smallest absolute Gasteiger partial charge is 0.238 e. The molecule has 1 heterocycles. The van der Waals surface area contributed by atoms with E-state index in [1.807, 2.05) is 24.3 Å². The molecule has 5 nitrogen and oxygen atoms in total. The van der Waals surface area contributed by atoms with Crippen molar-refractivity contribution in [2.45, 2.75) is 25.5 Å². The van der Waals surface area contributed by atoms with Gasteiger partial charge in [-0.1, -0.05) is 43.3 Å². The van der Waals surface area contributed by atoms with E-state index in [9.17, 15) is 8.42 Å². The van der Waals surface area contributed by atoms with Crippen molar-refractivity contribution in [1.29, 1.82) is 0 Å². The quantitative estimate of drug-likeness (QED) is 0.770. The van der Waals surface area contributed by atoms with E-state index in [1.165, 1.54) is 0 Å². The van der Waals surface area contributed by atoms with E-state index >= 15 is 0 Å². The number of fused-ring (bicyclic) bond motifs is 1. The topological polar surface area (TPSA) is 72.2 Å². The van der Waals surface area contributed by atoms with E-state index < -0.39 is 10.0 Å². The summed E-state index contributed by atoms with van der Waals surface area (Å²) in [5.74, 6) is 0.179. The van der Waals surface area contributed by atoms with E-state index in [1.54, 1.807) is 24.3 Å². The van der Waals surface area contributed by atoms with Crippen LogP contribution in [0.1, 0.15) is 31.0 Å². The van der Waals surface area contributed by atoms with Crippen molar-refractivity contribution >= 4 is 26.7 Å². The van der Waals surface area contributed by atoms with Gasteiger partial charge >= 0.3 is 0 Å². The molecule has 0 aliphatic heterocycles. The summed E-state index contributed by atoms with van der Waals surface area (Å²) in [5, 5.41) is 4.58. The maximum atomic E-state index is 12.3. The Morgan fingerprint density at radius 2 is 1.78 bits per heavy atom. The second-order valence-corrected chi connectivity index (χ2v) is 7.49. The van der Waals surface area contributed by atoms with Crippen molar-refractivity contribution in [2.75, 3.05) is 4.72 Å². The number of anilines is 1. The van der Waals surface area contributed by atoms with Crippen LogP contribution in [0.25, 0.3) is 11.0 Å². The molecule has 0 amide bonds. The number of sulfonamides is 1. The molecule has 0 bridgehead atoms. The summed E-state index contributed by atoms with van der Waals surface area (Å²) in [6.07, 6.45) is 0. The first kappa shape index (κ1) is 15.6. The first-order valence-electron chi connectivity index (χ1n) is 7.38. The third-order valence-corrected chi connectivity index (χ3v) is 4.83. The Hall–Kier alpha value is -2.34. The van der Waals surface area contributed by atoms with Crippen LogP contribution >= 0.6 is 0 Å². The fourth-order valence-corrected chi connectivity index (χ4v) is 3.51. The molecule has 0 unspecified atom stereocenters. The van der Waals surface area contributed by atoms with Crippen LogP contribution in [0, 0.1) is 0 Å². The molecule has 3 rings (SSSR count). The number of nitrogens with one attached hydrogen (secondary N) is 1. The lowest BCUT2D eigenvalue weighted by molar-refractivity contribution is 0.448. The molecule has 6 heteroatoms. The Kier molecular flexibility index (Phi) is 4.09. The predicted octanol–water partition coefficient (Wildman–Crippen LogP) is 3.89. The van der Waals surface area contributed by atoms with E-state index in [4.69, 9.17) is 4.52 Å². The highest BCUT2D eigenvalue weighted by Gasteiger charge is 2.17. The molecule has 23 heavy (non-hydrogen) atoms. The number of para-hydroxylation sites is 1. The number of aromatic nitrogens is 1. The van der Waals surface area contributed by atoms with Crippen LogP contribution in [-0.4, -0.2) is 13.6 Å². The van der Waals surface area contributed by atoms with Gasteiger partial charge in [-0.05, 0) is 35.7 Å². The van der Waals surface area contributed by atoms with Gasteiger partial charge in [-0.15, -0.1) is 0 Å². The number of benzene rings is 2. The zero-order valence-corrected chi connectivity index (χ0v) is 13.8. The third kappa shape index (κ3) is 3.53. The molecule has 120 valence electrons. The minimum absolute atomic E-state index is 0.226. The number of nitrogens with zero attached hydrogens (tertiary/aromatic N) is 1. The average molecular weight is 330 g/mol. The molecule has 0 saturated heterocycles. The van der Waals surface area contributed by atoms with Gasteiger partial charge in [-0.2, -0.15) is 0 Å². The zero-order valence-electron chi connectivity index (χ0n) is 13.0. The van der Waals surface area contributed by atoms with Crippen LogP contribution in [0.2, 0.25) is 0 Å². The van der Waals surface area contributed by atoms with Crippen molar-refractivity contribution in [3.8, 4) is 0 Å². The van der Waals surface area contributed by atoms with Crippen LogP contribution in [0.5, 0.6) is 0 Å². The second kappa shape index (κ2) is 6.04. The Morgan fingerprint density at radius 1 is 1.09 bits per heavy atom. The van der Waals surface area contributed by atoms with Gasteiger partial charge in [0.2, 0.25) is 10.0 Å². The maximum Gasteiger partial charge on any atom is 0.238 e. The lowest BCUT2D eigenvalue weighted by Gasteiger charge is -2.09. The van der Waals surface area contributed by atoms with Crippen LogP contribution in [0.4, 0.5) is 5.69 Å². The van der Waals surface area contributed by atoms with Crippen molar-refractivity contribution in [3.63, 3.8) is 0 Å². The van der Waals surface area contributed by atoms with Gasteiger partial charge in [0, 0.05) is 11.1 Å². The summed E-state index contributed by atoms with van der Waals surface area (Å²) in [5.41, 5.74) is 2.70. The van der Waals surface area contributed by atoms with Crippen LogP contribution in [-0.2, 0) is 15.8 Å². The molecular formula is C17H18N2O3S. The van der Waals surface area contributed by atoms with Crippen molar-refractivity contribution in [2.24, 2.45) is 0 Å². The van der Waals surface area contributed by atoms with Crippen LogP contribution in [0.15, 0.2) is 53.1 Å². The standard InChI is InChI=1S/C17H18N2O3S/c1-12(2)13-7-9-14(10-8-13)19-23(20,21)11-16-15-5-3-4-6-17(15)22-18-16/h3-10,12,19H,11H2,1-2H3. The summed E-state index contributed by atoms with van der Waals surface area (Å²) in [4.78, 5) is 0. The Bertz CT molecular complexity index is 912. The lowest BCUT2D eigenvalue weighted by atomic mass is 10.0. The molecule has 0 aliphatic rings. The first-order valence-corrected chi connectivity index (χ1v) is 9.03. The summed E-state index contributed by atoms with van der Waals surface area (Å²) >= 11 is 0. The van der Waals surface area contributed by atoms with Gasteiger partial charge in [-0.3, -0.25) is 4.72 Å². The van der Waals surface area contributed by atoms with Crippen molar-refractivity contribution in [1.82, 2.24) is 5.16 Å². The highest BCUT2D eigenvalue weighted by atomic mass is 32.2. The lowest BCUT2D eigenvalue weighted by Crippen LogP contribution is -2.15. The zero-order chi connectivity index (χ0) is 16.4. The van der Waals surface area contributed by atoms with E-state index in [0.29, 0.717) is 28.3 Å². The largest absolute Gasteiger partial charge is 0.356 e. The van der Waals surface area contributed by atoms with E-state index in [2.05, 4.69) is 23.7 Å². The minimum atomic E-state index is -3.55. The molecule has 1 aromatic heterocycles. The minimum Gasteiger partial charge on any atom is -0.356 e. The van der Waals surface area contributed by atoms with Crippen LogP contribution in [0.3, 0.4) is 0 Å². The van der Waals surface area contributed by atoms with Gasteiger partial charge in [0.15, 0.2) is 5.58 Å². The predicted molar refractivity (Wildman–Crippen MR) is 90.8 cm³/mol. The maximum absolute atomic E-state index is 12.3. The summed E-state index contributed by atoms with van der Waals surface area (Å²) in [6, 6.07) is 14.6. The Labute approximate surface area is 135 Å². The monoisotopic (exact) mass is 330 g/mol. The molecule has 0 saturated carbocycles. The van der Waals surface area contributed by atoms with Gasteiger partial charge in [0.05, 0.1) is 0 Å². The molecule has 0 radical (unpaired) electrons. The van der Waals surface area contributed by atoms with E-state index in [-0.39, 0.29) is 5.75 Å². The summed E-state index contributed by atoms with van der Waals surface area (Å²) in [7, 11) is -3.55. The van der Waals surface area contributed by atoms with Crippen molar-refractivity contribution in [3.05, 3.63) is 59.8 Å². The second-order valence-electron chi connectivity index (χ2n) is 5.76. The summed E-state index contributed by atoms with van der Waals surface area (Å²) in [6.45, 7) is 4.18. The normalized spacial score (nSPS) is 12.0. The number of rotatable bonds is 5. The molecule has 2 aromatic carbocycles. The van der Waals surface area contributed by atoms with E-state index in [0.717, 1.165) is 5.56 Å². The molecule has 3 aromatic rings. The number of hydrogen-bond acceptors (Lipinski definition) is 4. The summed E-state index contributed by atoms with van der Waals surface area (Å²) < 4.78 is 32.4. The highest BCUT2D eigenvalue weighted by Crippen LogP contribution is 2.22. The van der Waals surface area contributed by atoms with Crippen molar-refractivity contribution < 1.29 is 12.9 Å². The molecule has 0 aliphatic carbocycles. The van der Waals surface area contributed by atoms with Gasteiger partial charge in [-0.25, -0.2) is 8.42 Å². The average Bonchev–Trinajstić information content (AvgIpc) is 2.90. The first-order chi connectivity index (χ1) is 10.9. The molecule has 0 atom stereocenters. The third-order valence-electron chi connectivity index (χ3n) is 3.63. The fraction of sp³-hybridized carbons (Fsp3) is 0.235. The van der Waals surface area contributed by atoms with Gasteiger partial charge in [0.1, 0.15) is 11.4 Å². The van der Waals surface area contributed by atoms with Gasteiger partial charge < -0.3 is 4.52 Å². The van der Waals surface area contributed by atoms with Gasteiger partial charge in [0.25, 0.3) is 0 Å². The molecule has 1 N–H and O–H groups in total. The molecule has 0 spiro atoms. The highest BCUT2D eigenvalue weighted by molar-refractivity contribution is 7.91. The Morgan fingerprint density at radius 3 is 2.48 bits per heavy atom. The molecule has 0 fully saturated rings. The Balaban J connectivity index is 1.79. The fourth-order valence-electron chi connectivity index (χ4n) is 2.37. The molecular weight excluding hydrogens is 312 g/mol.